The van der Waals surface area contributed by atoms with Gasteiger partial charge in [0.25, 0.3) is 0 Å². The zero-order chi connectivity index (χ0) is 40.3. The number of nitrogens with zero attached hydrogens (tertiary/aromatic N) is 3. The zero-order valence-corrected chi connectivity index (χ0v) is 33.2. The number of fused-ring (bicyclic) bond motifs is 7. The lowest BCUT2D eigenvalue weighted by Crippen LogP contribution is -1.97. The number of rotatable bonds is 6. The number of benzene rings is 10. The van der Waals surface area contributed by atoms with E-state index in [-0.39, 0.29) is 0 Å². The number of hydrogen-bond donors (Lipinski definition) is 0. The Morgan fingerprint density at radius 2 is 0.869 bits per heavy atom. The van der Waals surface area contributed by atoms with E-state index in [1.54, 1.807) is 0 Å². The van der Waals surface area contributed by atoms with Gasteiger partial charge in [0, 0.05) is 33.2 Å². The summed E-state index contributed by atoms with van der Waals surface area (Å²) in [6, 6.07) is 80.4. The standard InChI is InChI=1S/C58H37N3/c1-4-18-40(19-5-1)55-46-26-13-12-25-45(46)54(49-36-35-38-17-10-11-24-44(38)57(49)55)41-33-31-39(32-34-41)50-37-51(60-58(59-50)42-20-6-2-7-21-42)47-28-16-30-53-56(47)48-27-14-15-29-52(48)61(53)43-22-8-3-9-23-43/h1-37H. The van der Waals surface area contributed by atoms with E-state index in [0.717, 1.165) is 50.4 Å². The molecule has 10 aromatic carbocycles. The molecule has 12 aromatic rings. The molecule has 61 heavy (non-hydrogen) atoms. The third-order valence-corrected chi connectivity index (χ3v) is 12.2. The summed E-state index contributed by atoms with van der Waals surface area (Å²) < 4.78 is 2.36. The van der Waals surface area contributed by atoms with Crippen molar-refractivity contribution < 1.29 is 0 Å². The topological polar surface area (TPSA) is 30.7 Å². The fourth-order valence-electron chi connectivity index (χ4n) is 9.51. The highest BCUT2D eigenvalue weighted by Gasteiger charge is 2.21. The van der Waals surface area contributed by atoms with Crippen LogP contribution in [0.5, 0.6) is 0 Å². The molecule has 0 N–H and O–H groups in total. The first-order chi connectivity index (χ1) is 30.3. The van der Waals surface area contributed by atoms with Crippen LogP contribution in [0.3, 0.4) is 0 Å². The van der Waals surface area contributed by atoms with Crippen molar-refractivity contribution in [3.8, 4) is 61.8 Å². The summed E-state index contributed by atoms with van der Waals surface area (Å²) in [5, 5.41) is 9.84. The summed E-state index contributed by atoms with van der Waals surface area (Å²) in [5.74, 6) is 0.696. The molecule has 0 aliphatic rings. The molecule has 0 aliphatic carbocycles. The van der Waals surface area contributed by atoms with Crippen molar-refractivity contribution in [2.75, 3.05) is 0 Å². The van der Waals surface area contributed by atoms with E-state index < -0.39 is 0 Å². The quantitative estimate of drug-likeness (QED) is 0.124. The summed E-state index contributed by atoms with van der Waals surface area (Å²) in [6.07, 6.45) is 0. The highest BCUT2D eigenvalue weighted by Crippen LogP contribution is 2.46. The molecule has 2 aromatic heterocycles. The van der Waals surface area contributed by atoms with Crippen LogP contribution in [0.2, 0.25) is 0 Å². The average Bonchev–Trinajstić information content (AvgIpc) is 3.68. The van der Waals surface area contributed by atoms with E-state index in [4.69, 9.17) is 9.97 Å². The van der Waals surface area contributed by atoms with Gasteiger partial charge in [0.05, 0.1) is 22.4 Å². The summed E-state index contributed by atoms with van der Waals surface area (Å²) in [6.45, 7) is 0. The van der Waals surface area contributed by atoms with Crippen LogP contribution in [0.4, 0.5) is 0 Å². The number of para-hydroxylation sites is 2. The molecule has 2 heterocycles. The maximum Gasteiger partial charge on any atom is 0.160 e. The van der Waals surface area contributed by atoms with E-state index in [1.807, 2.05) is 6.07 Å². The highest BCUT2D eigenvalue weighted by molar-refractivity contribution is 6.28. The molecule has 0 aliphatic heterocycles. The third kappa shape index (κ3) is 5.74. The van der Waals surface area contributed by atoms with Crippen LogP contribution in [0, 0.1) is 0 Å². The Balaban J connectivity index is 1.06. The third-order valence-electron chi connectivity index (χ3n) is 12.2. The van der Waals surface area contributed by atoms with Crippen LogP contribution in [0.15, 0.2) is 224 Å². The predicted octanol–water partition coefficient (Wildman–Crippen LogP) is 15.4. The fraction of sp³-hybridized carbons (Fsp3) is 0. The molecule has 0 spiro atoms. The average molecular weight is 776 g/mol. The number of hydrogen-bond acceptors (Lipinski definition) is 2. The summed E-state index contributed by atoms with van der Waals surface area (Å²) in [7, 11) is 0. The normalized spacial score (nSPS) is 11.6. The van der Waals surface area contributed by atoms with Crippen molar-refractivity contribution in [3.63, 3.8) is 0 Å². The molecule has 0 unspecified atom stereocenters. The lowest BCUT2D eigenvalue weighted by Gasteiger charge is -2.19. The number of aromatic nitrogens is 3. The van der Waals surface area contributed by atoms with Crippen molar-refractivity contribution in [1.29, 1.82) is 0 Å². The molecule has 284 valence electrons. The fourth-order valence-corrected chi connectivity index (χ4v) is 9.51. The van der Waals surface area contributed by atoms with E-state index in [1.165, 1.54) is 59.8 Å². The van der Waals surface area contributed by atoms with Gasteiger partial charge >= 0.3 is 0 Å². The van der Waals surface area contributed by atoms with Gasteiger partial charge < -0.3 is 4.57 Å². The smallest absolute Gasteiger partial charge is 0.160 e. The SMILES string of the molecule is c1ccc(-c2nc(-c3ccc(-c4c5ccccc5c(-c5ccccc5)c5c4ccc4ccccc45)cc3)cc(-c3cccc4c3c3ccccc3n4-c3ccccc3)n2)cc1. The second-order valence-electron chi connectivity index (χ2n) is 15.7. The van der Waals surface area contributed by atoms with Crippen LogP contribution < -0.4 is 0 Å². The second-order valence-corrected chi connectivity index (χ2v) is 15.7. The van der Waals surface area contributed by atoms with Gasteiger partial charge in [-0.3, -0.25) is 0 Å². The van der Waals surface area contributed by atoms with Crippen LogP contribution in [-0.4, -0.2) is 14.5 Å². The molecule has 0 bridgehead atoms. The van der Waals surface area contributed by atoms with Gasteiger partial charge in [-0.25, -0.2) is 9.97 Å². The van der Waals surface area contributed by atoms with Gasteiger partial charge in [-0.1, -0.05) is 194 Å². The Labute approximate surface area is 353 Å². The monoisotopic (exact) mass is 775 g/mol. The van der Waals surface area contributed by atoms with Crippen molar-refractivity contribution in [2.24, 2.45) is 0 Å². The van der Waals surface area contributed by atoms with E-state index in [0.29, 0.717) is 5.82 Å². The second kappa shape index (κ2) is 14.3. The molecule has 0 saturated heterocycles. The molecule has 12 rings (SSSR count). The van der Waals surface area contributed by atoms with Gasteiger partial charge in [-0.15, -0.1) is 0 Å². The summed E-state index contributed by atoms with van der Waals surface area (Å²) in [5.41, 5.74) is 13.2. The minimum absolute atomic E-state index is 0.696. The molecule has 0 fully saturated rings. The van der Waals surface area contributed by atoms with Crippen molar-refractivity contribution >= 4 is 54.1 Å². The van der Waals surface area contributed by atoms with Gasteiger partial charge in [0.2, 0.25) is 0 Å². The molecule has 0 amide bonds. The van der Waals surface area contributed by atoms with Gasteiger partial charge in [-0.05, 0) is 84.9 Å². The first kappa shape index (κ1) is 34.9. The first-order valence-corrected chi connectivity index (χ1v) is 20.8. The summed E-state index contributed by atoms with van der Waals surface area (Å²) >= 11 is 0. The molecule has 3 nitrogen and oxygen atoms in total. The van der Waals surface area contributed by atoms with Crippen LogP contribution in [-0.2, 0) is 0 Å². The maximum atomic E-state index is 5.31. The van der Waals surface area contributed by atoms with Crippen molar-refractivity contribution in [2.45, 2.75) is 0 Å². The highest BCUT2D eigenvalue weighted by atomic mass is 15.0. The van der Waals surface area contributed by atoms with Gasteiger partial charge in [0.1, 0.15) is 0 Å². The Kier molecular flexibility index (Phi) is 8.17. The van der Waals surface area contributed by atoms with Crippen LogP contribution in [0.25, 0.3) is 116 Å². The molecule has 0 saturated carbocycles. The van der Waals surface area contributed by atoms with E-state index in [2.05, 4.69) is 223 Å². The maximum absolute atomic E-state index is 5.31. The predicted molar refractivity (Wildman–Crippen MR) is 256 cm³/mol. The summed E-state index contributed by atoms with van der Waals surface area (Å²) in [4.78, 5) is 10.6. The first-order valence-electron chi connectivity index (χ1n) is 20.8. The van der Waals surface area contributed by atoms with E-state index in [9.17, 15) is 0 Å². The molecular weight excluding hydrogens is 739 g/mol. The largest absolute Gasteiger partial charge is 0.309 e. The molecular formula is C58H37N3. The van der Waals surface area contributed by atoms with Crippen molar-refractivity contribution in [3.05, 3.63) is 224 Å². The van der Waals surface area contributed by atoms with Gasteiger partial charge in [0.15, 0.2) is 5.82 Å². The Morgan fingerprint density at radius 3 is 1.62 bits per heavy atom. The van der Waals surface area contributed by atoms with Crippen LogP contribution in [0.1, 0.15) is 0 Å². The Bertz CT molecular complexity index is 3610. The van der Waals surface area contributed by atoms with Crippen LogP contribution >= 0.6 is 0 Å². The van der Waals surface area contributed by atoms with E-state index >= 15 is 0 Å². The zero-order valence-electron chi connectivity index (χ0n) is 33.2. The van der Waals surface area contributed by atoms with Crippen molar-refractivity contribution in [1.82, 2.24) is 14.5 Å². The molecule has 3 heteroatoms. The Hall–Kier alpha value is -8.14. The Morgan fingerprint density at radius 1 is 0.311 bits per heavy atom. The lowest BCUT2D eigenvalue weighted by atomic mass is 9.84. The van der Waals surface area contributed by atoms with Gasteiger partial charge in [-0.2, -0.15) is 0 Å². The minimum atomic E-state index is 0.696. The minimum Gasteiger partial charge on any atom is -0.309 e. The molecule has 0 atom stereocenters. The lowest BCUT2D eigenvalue weighted by molar-refractivity contribution is 1.18. The molecule has 0 radical (unpaired) electrons.